The van der Waals surface area contributed by atoms with Crippen molar-refractivity contribution in [3.63, 3.8) is 0 Å². The fourth-order valence-corrected chi connectivity index (χ4v) is 7.01. The highest BCUT2D eigenvalue weighted by molar-refractivity contribution is 6.17. The maximum absolute atomic E-state index is 6.68. The Morgan fingerprint density at radius 1 is 0.340 bits per heavy atom. The second kappa shape index (κ2) is 12.8. The molecule has 0 radical (unpaired) electrons. The molecule has 9 aromatic rings. The molecule has 0 saturated carbocycles. The maximum Gasteiger partial charge on any atom is 0.145 e. The molecule has 1 heterocycles. The van der Waals surface area contributed by atoms with Gasteiger partial charge in [0, 0.05) is 22.3 Å². The largest absolute Gasteiger partial charge is 0.455 e. The highest BCUT2D eigenvalue weighted by Crippen LogP contribution is 2.46. The van der Waals surface area contributed by atoms with Crippen LogP contribution in [0, 0.1) is 0 Å². The summed E-state index contributed by atoms with van der Waals surface area (Å²) < 4.78 is 6.68. The summed E-state index contributed by atoms with van der Waals surface area (Å²) >= 11 is 0. The summed E-state index contributed by atoms with van der Waals surface area (Å²) in [6.07, 6.45) is 0. The first-order valence-corrected chi connectivity index (χ1v) is 17.0. The quantitative estimate of drug-likeness (QED) is 0.173. The number of benzene rings is 8. The molecule has 9 rings (SSSR count). The summed E-state index contributed by atoms with van der Waals surface area (Å²) in [6, 6.07) is 70.9. The molecule has 0 fully saturated rings. The Hall–Kier alpha value is -6.64. The van der Waals surface area contributed by atoms with Crippen molar-refractivity contribution in [2.24, 2.45) is 0 Å². The minimum absolute atomic E-state index is 0.875. The predicted molar refractivity (Wildman–Crippen MR) is 210 cm³/mol. The number of hydrogen-bond acceptors (Lipinski definition) is 2. The molecule has 236 valence electrons. The molecule has 50 heavy (non-hydrogen) atoms. The molecular weight excluding hydrogens is 607 g/mol. The lowest BCUT2D eigenvalue weighted by Gasteiger charge is -2.27. The Kier molecular flexibility index (Phi) is 7.53. The zero-order valence-corrected chi connectivity index (χ0v) is 27.4. The van der Waals surface area contributed by atoms with Gasteiger partial charge in [0.25, 0.3) is 0 Å². The van der Waals surface area contributed by atoms with E-state index in [1.165, 1.54) is 33.4 Å². The fraction of sp³-hybridized carbons (Fsp3) is 0. The van der Waals surface area contributed by atoms with Gasteiger partial charge in [-0.3, -0.25) is 0 Å². The number of anilines is 3. The van der Waals surface area contributed by atoms with Crippen LogP contribution >= 0.6 is 0 Å². The van der Waals surface area contributed by atoms with Gasteiger partial charge in [-0.15, -0.1) is 0 Å². The molecule has 0 saturated heterocycles. The molecule has 0 atom stereocenters. The van der Waals surface area contributed by atoms with E-state index in [-0.39, 0.29) is 0 Å². The summed E-state index contributed by atoms with van der Waals surface area (Å²) in [5.74, 6) is 0. The molecule has 0 aliphatic rings. The van der Waals surface area contributed by atoms with Gasteiger partial charge >= 0.3 is 0 Å². The monoisotopic (exact) mass is 639 g/mol. The third-order valence-electron chi connectivity index (χ3n) is 9.49. The predicted octanol–water partition coefficient (Wildman–Crippen LogP) is 13.7. The van der Waals surface area contributed by atoms with E-state index in [1.54, 1.807) is 0 Å². The van der Waals surface area contributed by atoms with Crippen molar-refractivity contribution < 1.29 is 4.42 Å². The summed E-state index contributed by atoms with van der Waals surface area (Å²) in [6.45, 7) is 0. The van der Waals surface area contributed by atoms with Crippen LogP contribution in [0.2, 0.25) is 0 Å². The van der Waals surface area contributed by atoms with Crippen LogP contribution in [0.1, 0.15) is 0 Å². The average molecular weight is 640 g/mol. The number of nitrogens with zero attached hydrogens (tertiary/aromatic N) is 1. The first-order valence-electron chi connectivity index (χ1n) is 17.0. The van der Waals surface area contributed by atoms with Gasteiger partial charge in [0.2, 0.25) is 0 Å². The molecule has 0 N–H and O–H groups in total. The van der Waals surface area contributed by atoms with Crippen LogP contribution in [0.5, 0.6) is 0 Å². The second-order valence-electron chi connectivity index (χ2n) is 12.5. The van der Waals surface area contributed by atoms with Gasteiger partial charge in [0.1, 0.15) is 11.2 Å². The second-order valence-corrected chi connectivity index (χ2v) is 12.5. The van der Waals surface area contributed by atoms with Gasteiger partial charge < -0.3 is 9.32 Å². The Morgan fingerprint density at radius 3 is 1.40 bits per heavy atom. The van der Waals surface area contributed by atoms with Gasteiger partial charge in [-0.2, -0.15) is 0 Å². The first kappa shape index (κ1) is 29.5. The molecule has 0 unspecified atom stereocenters. The Balaban J connectivity index is 1.21. The third-order valence-corrected chi connectivity index (χ3v) is 9.49. The number of furan rings is 1. The van der Waals surface area contributed by atoms with Crippen LogP contribution in [0.4, 0.5) is 17.1 Å². The lowest BCUT2D eigenvalue weighted by Crippen LogP contribution is -2.10. The molecule has 2 nitrogen and oxygen atoms in total. The van der Waals surface area contributed by atoms with Crippen molar-refractivity contribution in [3.05, 3.63) is 200 Å². The van der Waals surface area contributed by atoms with E-state index in [2.05, 4.69) is 199 Å². The SMILES string of the molecule is c1ccc(-c2ccc(N(c3ccc(-c4cccc(-c5ccccc5)c4)cc3)c3ccc(-c4ccccc4)c4oc5ccccc5c34)cc2)cc1. The highest BCUT2D eigenvalue weighted by Gasteiger charge is 2.22. The van der Waals surface area contributed by atoms with E-state index in [0.717, 1.165) is 50.1 Å². The van der Waals surface area contributed by atoms with E-state index >= 15 is 0 Å². The van der Waals surface area contributed by atoms with Gasteiger partial charge in [0.15, 0.2) is 0 Å². The molecular formula is C48H33NO. The van der Waals surface area contributed by atoms with E-state index in [1.807, 2.05) is 6.07 Å². The van der Waals surface area contributed by atoms with Crippen molar-refractivity contribution in [1.82, 2.24) is 0 Å². The van der Waals surface area contributed by atoms with Gasteiger partial charge in [-0.05, 0) is 87.5 Å². The third kappa shape index (κ3) is 5.43. The van der Waals surface area contributed by atoms with Crippen LogP contribution in [-0.2, 0) is 0 Å². The van der Waals surface area contributed by atoms with Crippen LogP contribution in [0.3, 0.4) is 0 Å². The van der Waals surface area contributed by atoms with Crippen molar-refractivity contribution in [2.75, 3.05) is 4.90 Å². The topological polar surface area (TPSA) is 16.4 Å². The fourth-order valence-electron chi connectivity index (χ4n) is 7.01. The molecule has 0 aliphatic heterocycles. The number of fused-ring (bicyclic) bond motifs is 3. The van der Waals surface area contributed by atoms with E-state index in [4.69, 9.17) is 4.42 Å². The number of rotatable bonds is 7. The van der Waals surface area contributed by atoms with Gasteiger partial charge in [-0.1, -0.05) is 152 Å². The van der Waals surface area contributed by atoms with Crippen molar-refractivity contribution in [1.29, 1.82) is 0 Å². The van der Waals surface area contributed by atoms with Crippen LogP contribution in [0.15, 0.2) is 205 Å². The number of para-hydroxylation sites is 1. The first-order chi connectivity index (χ1) is 24.8. The van der Waals surface area contributed by atoms with Crippen molar-refractivity contribution >= 4 is 39.0 Å². The molecule has 0 bridgehead atoms. The zero-order chi connectivity index (χ0) is 33.3. The zero-order valence-electron chi connectivity index (χ0n) is 27.4. The smallest absolute Gasteiger partial charge is 0.145 e. The van der Waals surface area contributed by atoms with E-state index < -0.39 is 0 Å². The highest BCUT2D eigenvalue weighted by atomic mass is 16.3. The van der Waals surface area contributed by atoms with Crippen molar-refractivity contribution in [3.8, 4) is 44.5 Å². The summed E-state index contributed by atoms with van der Waals surface area (Å²) in [5, 5.41) is 2.18. The Bertz CT molecular complexity index is 2550. The summed E-state index contributed by atoms with van der Waals surface area (Å²) in [7, 11) is 0. The Morgan fingerprint density at radius 2 is 0.800 bits per heavy atom. The van der Waals surface area contributed by atoms with Crippen molar-refractivity contribution in [2.45, 2.75) is 0 Å². The molecule has 0 amide bonds. The van der Waals surface area contributed by atoms with Crippen LogP contribution < -0.4 is 4.90 Å². The van der Waals surface area contributed by atoms with Crippen LogP contribution in [0.25, 0.3) is 66.4 Å². The molecule has 2 heteroatoms. The molecule has 1 aromatic heterocycles. The lowest BCUT2D eigenvalue weighted by atomic mass is 9.98. The average Bonchev–Trinajstić information content (AvgIpc) is 3.60. The summed E-state index contributed by atoms with van der Waals surface area (Å²) in [4.78, 5) is 2.36. The standard InChI is InChI=1S/C48H33NO/c1-4-13-34(14-5-1)36-23-27-41(28-24-36)49(42-29-25-37(26-30-42)40-20-12-19-39(33-40)35-15-6-2-7-16-35)45-32-31-43(38-17-8-3-9-18-38)48-47(45)44-21-10-11-22-46(44)50-48/h1-33H. The molecule has 0 spiro atoms. The Labute approximate surface area is 292 Å². The molecule has 8 aromatic carbocycles. The van der Waals surface area contributed by atoms with Gasteiger partial charge in [0.05, 0.1) is 11.1 Å². The van der Waals surface area contributed by atoms with E-state index in [0.29, 0.717) is 0 Å². The molecule has 0 aliphatic carbocycles. The number of hydrogen-bond donors (Lipinski definition) is 0. The summed E-state index contributed by atoms with van der Waals surface area (Å²) in [5.41, 5.74) is 14.3. The van der Waals surface area contributed by atoms with E-state index in [9.17, 15) is 0 Å². The maximum atomic E-state index is 6.68. The minimum Gasteiger partial charge on any atom is -0.455 e. The minimum atomic E-state index is 0.875. The normalized spacial score (nSPS) is 11.2. The lowest BCUT2D eigenvalue weighted by molar-refractivity contribution is 0.670. The van der Waals surface area contributed by atoms with Gasteiger partial charge in [-0.25, -0.2) is 0 Å². The van der Waals surface area contributed by atoms with Crippen LogP contribution in [-0.4, -0.2) is 0 Å².